The van der Waals surface area contributed by atoms with Crippen LogP contribution in [0.1, 0.15) is 12.7 Å². The Kier molecular flexibility index (Phi) is 3.12. The van der Waals surface area contributed by atoms with Gasteiger partial charge in [-0.1, -0.05) is 41.1 Å². The first-order chi connectivity index (χ1) is 7.22. The Morgan fingerprint density at radius 1 is 1.40 bits per heavy atom. The van der Waals surface area contributed by atoms with Crippen molar-refractivity contribution in [3.05, 3.63) is 39.8 Å². The minimum absolute atomic E-state index is 0.192. The van der Waals surface area contributed by atoms with Crippen molar-refractivity contribution in [3.8, 4) is 11.3 Å². The zero-order valence-corrected chi connectivity index (χ0v) is 10.5. The van der Waals surface area contributed by atoms with E-state index in [0.29, 0.717) is 0 Å². The predicted octanol–water partition coefficient (Wildman–Crippen LogP) is 4.32. The normalized spacial score (nSPS) is 10.6. The second-order valence-electron chi connectivity index (χ2n) is 3.07. The van der Waals surface area contributed by atoms with Crippen molar-refractivity contribution < 1.29 is 4.42 Å². The molecule has 0 aliphatic carbocycles. The third kappa shape index (κ3) is 2.08. The van der Waals surface area contributed by atoms with Crippen LogP contribution in [0, 0.1) is 0 Å². The van der Waals surface area contributed by atoms with Crippen LogP contribution in [0.2, 0.25) is 5.35 Å². The smallest absolute Gasteiger partial charge is 0.292 e. The van der Waals surface area contributed by atoms with E-state index in [-0.39, 0.29) is 5.35 Å². The zero-order chi connectivity index (χ0) is 10.8. The van der Waals surface area contributed by atoms with Gasteiger partial charge in [0.2, 0.25) is 0 Å². The highest BCUT2D eigenvalue weighted by atomic mass is 79.9. The van der Waals surface area contributed by atoms with E-state index in [0.717, 1.165) is 27.9 Å². The second-order valence-corrected chi connectivity index (χ2v) is 4.25. The van der Waals surface area contributed by atoms with Crippen LogP contribution in [-0.2, 0) is 6.42 Å². The number of hydrogen-bond acceptors (Lipinski definition) is 2. The molecule has 2 rings (SSSR count). The summed E-state index contributed by atoms with van der Waals surface area (Å²) in [4.78, 5) is 4.18. The Morgan fingerprint density at radius 3 is 2.80 bits per heavy atom. The molecule has 0 saturated carbocycles. The molecule has 1 heterocycles. The third-order valence-corrected chi connectivity index (χ3v) is 2.97. The van der Waals surface area contributed by atoms with Gasteiger partial charge in [0.15, 0.2) is 0 Å². The third-order valence-electron chi connectivity index (χ3n) is 2.12. The second kappa shape index (κ2) is 4.37. The Bertz CT molecular complexity index is 481. The lowest BCUT2D eigenvalue weighted by molar-refractivity contribution is 0.513. The van der Waals surface area contributed by atoms with Crippen molar-refractivity contribution in [1.82, 2.24) is 4.98 Å². The first-order valence-corrected chi connectivity index (χ1v) is 5.79. The van der Waals surface area contributed by atoms with Gasteiger partial charge in [-0.05, 0) is 17.7 Å². The van der Waals surface area contributed by atoms with Crippen molar-refractivity contribution in [2.75, 3.05) is 0 Å². The molecule has 4 heteroatoms. The van der Waals surface area contributed by atoms with Gasteiger partial charge in [0.1, 0.15) is 11.5 Å². The van der Waals surface area contributed by atoms with Crippen LogP contribution in [0.4, 0.5) is 0 Å². The lowest BCUT2D eigenvalue weighted by atomic mass is 10.1. The number of oxazole rings is 1. The van der Waals surface area contributed by atoms with E-state index in [9.17, 15) is 0 Å². The van der Waals surface area contributed by atoms with Gasteiger partial charge in [-0.3, -0.25) is 0 Å². The summed E-state index contributed by atoms with van der Waals surface area (Å²) in [5, 5.41) is 0.192. The molecule has 78 valence electrons. The van der Waals surface area contributed by atoms with Gasteiger partial charge < -0.3 is 4.42 Å². The molecule has 0 radical (unpaired) electrons. The Hall–Kier alpha value is -0.800. The summed E-state index contributed by atoms with van der Waals surface area (Å²) in [6.45, 7) is 2.01. The number of benzene rings is 1. The highest BCUT2D eigenvalue weighted by Gasteiger charge is 2.14. The lowest BCUT2D eigenvalue weighted by Crippen LogP contribution is -1.85. The molecule has 0 unspecified atom stereocenters. The first kappa shape index (κ1) is 10.7. The van der Waals surface area contributed by atoms with Crippen LogP contribution >= 0.6 is 27.5 Å². The maximum atomic E-state index is 5.75. The zero-order valence-electron chi connectivity index (χ0n) is 8.13. The van der Waals surface area contributed by atoms with Gasteiger partial charge in [-0.25, -0.2) is 0 Å². The Balaban J connectivity index is 2.58. The van der Waals surface area contributed by atoms with E-state index in [1.54, 1.807) is 0 Å². The molecule has 15 heavy (non-hydrogen) atoms. The summed E-state index contributed by atoms with van der Waals surface area (Å²) in [6.07, 6.45) is 0.774. The summed E-state index contributed by atoms with van der Waals surface area (Å²) in [7, 11) is 0. The van der Waals surface area contributed by atoms with Crippen molar-refractivity contribution in [3.63, 3.8) is 0 Å². The monoisotopic (exact) mass is 285 g/mol. The highest BCUT2D eigenvalue weighted by Crippen LogP contribution is 2.31. The summed E-state index contributed by atoms with van der Waals surface area (Å²) < 4.78 is 6.30. The van der Waals surface area contributed by atoms with Crippen LogP contribution in [0.3, 0.4) is 0 Å². The number of rotatable bonds is 2. The largest absolute Gasteiger partial charge is 0.432 e. The maximum absolute atomic E-state index is 5.75. The van der Waals surface area contributed by atoms with Crippen LogP contribution in [0.5, 0.6) is 0 Å². The molecule has 2 aromatic rings. The van der Waals surface area contributed by atoms with E-state index in [1.165, 1.54) is 0 Å². The number of aryl methyl sites for hydroxylation is 1. The van der Waals surface area contributed by atoms with E-state index in [4.69, 9.17) is 16.0 Å². The van der Waals surface area contributed by atoms with Gasteiger partial charge in [-0.15, -0.1) is 0 Å². The lowest BCUT2D eigenvalue weighted by Gasteiger charge is -2.01. The molecule has 0 amide bonds. The fourth-order valence-corrected chi connectivity index (χ4v) is 2.08. The molecular formula is C11H9BrClNO. The van der Waals surface area contributed by atoms with E-state index < -0.39 is 0 Å². The summed E-state index contributed by atoms with van der Waals surface area (Å²) in [6, 6.07) is 7.87. The van der Waals surface area contributed by atoms with Crippen LogP contribution in [-0.4, -0.2) is 4.98 Å². The molecule has 0 spiro atoms. The quantitative estimate of drug-likeness (QED) is 0.822. The molecule has 0 aliphatic rings. The maximum Gasteiger partial charge on any atom is 0.292 e. The van der Waals surface area contributed by atoms with Crippen LogP contribution in [0.25, 0.3) is 11.3 Å². The van der Waals surface area contributed by atoms with Gasteiger partial charge in [0.05, 0.1) is 0 Å². The van der Waals surface area contributed by atoms with Crippen molar-refractivity contribution in [1.29, 1.82) is 0 Å². The molecule has 0 atom stereocenters. The number of hydrogen-bond donors (Lipinski definition) is 0. The first-order valence-electron chi connectivity index (χ1n) is 4.62. The fraction of sp³-hybridized carbons (Fsp3) is 0.182. The molecule has 1 aromatic carbocycles. The Morgan fingerprint density at radius 2 is 2.13 bits per heavy atom. The van der Waals surface area contributed by atoms with Gasteiger partial charge in [0.25, 0.3) is 5.35 Å². The summed E-state index contributed by atoms with van der Waals surface area (Å²) >= 11 is 9.23. The topological polar surface area (TPSA) is 26.0 Å². The average molecular weight is 287 g/mol. The highest BCUT2D eigenvalue weighted by molar-refractivity contribution is 9.10. The standard InChI is InChI=1S/C11H9BrClNO/c1-2-9-10(14-11(13)15-9)7-5-3-4-6-8(7)12/h3-6H,2H2,1H3. The van der Waals surface area contributed by atoms with E-state index >= 15 is 0 Å². The molecule has 0 saturated heterocycles. The number of halogens is 2. The van der Waals surface area contributed by atoms with Crippen LogP contribution < -0.4 is 0 Å². The van der Waals surface area contributed by atoms with Crippen molar-refractivity contribution >= 4 is 27.5 Å². The molecule has 0 aliphatic heterocycles. The van der Waals surface area contributed by atoms with Crippen molar-refractivity contribution in [2.45, 2.75) is 13.3 Å². The molecule has 0 bridgehead atoms. The minimum atomic E-state index is 0.192. The predicted molar refractivity (Wildman–Crippen MR) is 64.0 cm³/mol. The average Bonchev–Trinajstić information content (AvgIpc) is 2.60. The van der Waals surface area contributed by atoms with Crippen molar-refractivity contribution in [2.24, 2.45) is 0 Å². The van der Waals surface area contributed by atoms with Crippen LogP contribution in [0.15, 0.2) is 33.2 Å². The molecular weight excluding hydrogens is 277 g/mol. The summed E-state index contributed by atoms with van der Waals surface area (Å²) in [5.41, 5.74) is 1.82. The van der Waals surface area contributed by atoms with Gasteiger partial charge >= 0.3 is 0 Å². The molecule has 0 N–H and O–H groups in total. The molecule has 2 nitrogen and oxygen atoms in total. The van der Waals surface area contributed by atoms with E-state index in [1.807, 2.05) is 31.2 Å². The van der Waals surface area contributed by atoms with Gasteiger partial charge in [-0.2, -0.15) is 4.98 Å². The SMILES string of the molecule is CCc1oc(Cl)nc1-c1ccccc1Br. The molecule has 1 aromatic heterocycles. The van der Waals surface area contributed by atoms with E-state index in [2.05, 4.69) is 20.9 Å². The Labute approximate surface area is 101 Å². The fourth-order valence-electron chi connectivity index (χ4n) is 1.43. The minimum Gasteiger partial charge on any atom is -0.432 e. The number of nitrogens with zero attached hydrogens (tertiary/aromatic N) is 1. The summed E-state index contributed by atoms with van der Waals surface area (Å²) in [5.74, 6) is 0.812. The molecule has 0 fully saturated rings. The van der Waals surface area contributed by atoms with Gasteiger partial charge in [0, 0.05) is 16.5 Å². The number of aromatic nitrogens is 1.